The molecular formula is C10H21NO6Si. The Kier molecular flexibility index (Phi) is 8.55. The van der Waals surface area contributed by atoms with Crippen molar-refractivity contribution in [2.45, 2.75) is 25.8 Å². The highest BCUT2D eigenvalue weighted by atomic mass is 28.4. The second kappa shape index (κ2) is 9.03. The van der Waals surface area contributed by atoms with Gasteiger partial charge in [0.15, 0.2) is 0 Å². The number of rotatable bonds is 10. The summed E-state index contributed by atoms with van der Waals surface area (Å²) >= 11 is 0. The number of ether oxygens (including phenoxy) is 1. The van der Waals surface area contributed by atoms with Crippen molar-refractivity contribution in [3.05, 3.63) is 0 Å². The highest BCUT2D eigenvalue weighted by molar-refractivity contribution is 6.60. The van der Waals surface area contributed by atoms with E-state index in [4.69, 9.17) is 23.7 Å². The number of nitrogens with two attached hydrogens (primary N) is 1. The molecule has 2 N–H and O–H groups in total. The number of carbonyl (C=O) groups is 2. The van der Waals surface area contributed by atoms with Crippen molar-refractivity contribution in [3.8, 4) is 0 Å². The quantitative estimate of drug-likeness (QED) is 0.449. The normalized spacial score (nSPS) is 11.3. The van der Waals surface area contributed by atoms with E-state index >= 15 is 0 Å². The van der Waals surface area contributed by atoms with Gasteiger partial charge in [-0.25, -0.2) is 4.79 Å². The molecule has 0 saturated carbocycles. The Labute approximate surface area is 108 Å². The van der Waals surface area contributed by atoms with Crippen LogP contribution in [-0.2, 0) is 27.6 Å². The maximum absolute atomic E-state index is 11.2. The number of carbonyl (C=O) groups excluding carboxylic acids is 2. The lowest BCUT2D eigenvalue weighted by molar-refractivity contribution is -0.147. The zero-order valence-corrected chi connectivity index (χ0v) is 12.1. The summed E-state index contributed by atoms with van der Waals surface area (Å²) in [5.74, 6) is -0.867. The third-order valence-corrected chi connectivity index (χ3v) is 5.04. The van der Waals surface area contributed by atoms with Gasteiger partial charge in [0.25, 0.3) is 0 Å². The molecule has 0 heterocycles. The summed E-state index contributed by atoms with van der Waals surface area (Å²) in [5.41, 5.74) is 5.05. The Morgan fingerprint density at radius 1 is 1.22 bits per heavy atom. The number of hydrogen-bond acceptors (Lipinski definition) is 6. The third-order valence-electron chi connectivity index (χ3n) is 2.24. The zero-order valence-electron chi connectivity index (χ0n) is 11.1. The Hall–Kier alpha value is -0.963. The fourth-order valence-corrected chi connectivity index (χ4v) is 3.23. The molecule has 0 radical (unpaired) electrons. The summed E-state index contributed by atoms with van der Waals surface area (Å²) in [6, 6.07) is 0.419. The SMILES string of the molecule is CCOC(=O)CO[Si](CCCC(N)=O)(OC)OC. The summed E-state index contributed by atoms with van der Waals surface area (Å²) < 4.78 is 20.6. The molecule has 18 heavy (non-hydrogen) atoms. The molecule has 0 aliphatic carbocycles. The molecule has 0 aromatic carbocycles. The zero-order chi connectivity index (χ0) is 14.0. The molecule has 0 atom stereocenters. The first kappa shape index (κ1) is 17.0. The standard InChI is InChI=1S/C10H21NO6Si/c1-4-16-10(13)8-17-18(14-2,15-3)7-5-6-9(11)12/h4-8H2,1-3H3,(H2,11,12). The van der Waals surface area contributed by atoms with Gasteiger partial charge in [-0.1, -0.05) is 0 Å². The summed E-state index contributed by atoms with van der Waals surface area (Å²) in [6.07, 6.45) is 0.719. The highest BCUT2D eigenvalue weighted by Crippen LogP contribution is 2.17. The maximum atomic E-state index is 11.2. The lowest BCUT2D eigenvalue weighted by Crippen LogP contribution is -2.45. The van der Waals surface area contributed by atoms with Crippen LogP contribution in [0.1, 0.15) is 19.8 Å². The van der Waals surface area contributed by atoms with Crippen LogP contribution in [0.3, 0.4) is 0 Å². The van der Waals surface area contributed by atoms with Crippen molar-refractivity contribution in [2.24, 2.45) is 5.73 Å². The monoisotopic (exact) mass is 279 g/mol. The van der Waals surface area contributed by atoms with E-state index in [1.807, 2.05) is 0 Å². The predicted molar refractivity (Wildman–Crippen MR) is 65.6 cm³/mol. The van der Waals surface area contributed by atoms with Gasteiger partial charge in [-0.05, 0) is 13.3 Å². The average Bonchev–Trinajstić information content (AvgIpc) is 2.34. The molecule has 0 fully saturated rings. The van der Waals surface area contributed by atoms with Gasteiger partial charge in [-0.15, -0.1) is 0 Å². The van der Waals surface area contributed by atoms with Crippen molar-refractivity contribution in [2.75, 3.05) is 27.4 Å². The molecule has 8 heteroatoms. The number of primary amides is 1. The number of amides is 1. The summed E-state index contributed by atoms with van der Waals surface area (Å²) in [5, 5.41) is 0. The Morgan fingerprint density at radius 2 is 1.83 bits per heavy atom. The minimum Gasteiger partial charge on any atom is -0.464 e. The molecule has 0 aromatic rings. The first-order valence-electron chi connectivity index (χ1n) is 5.68. The van der Waals surface area contributed by atoms with Gasteiger partial charge < -0.3 is 23.7 Å². The van der Waals surface area contributed by atoms with E-state index in [2.05, 4.69) is 0 Å². The predicted octanol–water partition coefficient (Wildman–Crippen LogP) is 0.0633. The molecular weight excluding hydrogens is 258 g/mol. The van der Waals surface area contributed by atoms with Crippen LogP contribution in [0, 0.1) is 0 Å². The molecule has 1 amide bonds. The number of hydrogen-bond donors (Lipinski definition) is 1. The van der Waals surface area contributed by atoms with E-state index in [1.54, 1.807) is 6.92 Å². The lowest BCUT2D eigenvalue weighted by Gasteiger charge is -2.25. The first-order chi connectivity index (χ1) is 8.49. The van der Waals surface area contributed by atoms with Gasteiger partial charge in [0.1, 0.15) is 6.61 Å². The molecule has 0 saturated heterocycles. The van der Waals surface area contributed by atoms with Crippen LogP contribution in [0.2, 0.25) is 6.04 Å². The van der Waals surface area contributed by atoms with Gasteiger partial charge in [-0.3, -0.25) is 4.79 Å². The van der Waals surface area contributed by atoms with Crippen molar-refractivity contribution >= 4 is 20.7 Å². The van der Waals surface area contributed by atoms with E-state index in [0.29, 0.717) is 19.1 Å². The fraction of sp³-hybridized carbons (Fsp3) is 0.800. The fourth-order valence-electron chi connectivity index (χ4n) is 1.33. The van der Waals surface area contributed by atoms with Gasteiger partial charge in [0.2, 0.25) is 5.91 Å². The largest absolute Gasteiger partial charge is 0.500 e. The van der Waals surface area contributed by atoms with Crippen molar-refractivity contribution < 1.29 is 27.6 Å². The van der Waals surface area contributed by atoms with Crippen molar-refractivity contribution in [1.82, 2.24) is 0 Å². The molecule has 0 spiro atoms. The van der Waals surface area contributed by atoms with E-state index in [0.717, 1.165) is 0 Å². The average molecular weight is 279 g/mol. The topological polar surface area (TPSA) is 97.1 Å². The Morgan fingerprint density at radius 3 is 2.28 bits per heavy atom. The van der Waals surface area contributed by atoms with Crippen LogP contribution < -0.4 is 5.73 Å². The molecule has 0 unspecified atom stereocenters. The van der Waals surface area contributed by atoms with E-state index in [-0.39, 0.29) is 13.0 Å². The first-order valence-corrected chi connectivity index (χ1v) is 7.61. The maximum Gasteiger partial charge on any atom is 0.500 e. The molecule has 0 aromatic heterocycles. The van der Waals surface area contributed by atoms with E-state index < -0.39 is 20.7 Å². The van der Waals surface area contributed by atoms with Crippen molar-refractivity contribution in [3.63, 3.8) is 0 Å². The van der Waals surface area contributed by atoms with Gasteiger partial charge in [-0.2, -0.15) is 0 Å². The highest BCUT2D eigenvalue weighted by Gasteiger charge is 2.39. The minimum absolute atomic E-state index is 0.224. The molecule has 106 valence electrons. The van der Waals surface area contributed by atoms with Crippen molar-refractivity contribution in [1.29, 1.82) is 0 Å². The molecule has 0 rings (SSSR count). The summed E-state index contributed by atoms with van der Waals surface area (Å²) in [4.78, 5) is 21.8. The molecule has 0 bridgehead atoms. The van der Waals surface area contributed by atoms with Crippen LogP contribution in [-0.4, -0.2) is 48.1 Å². The summed E-state index contributed by atoms with van der Waals surface area (Å²) in [6.45, 7) is 1.78. The summed E-state index contributed by atoms with van der Waals surface area (Å²) in [7, 11) is -0.0116. The van der Waals surface area contributed by atoms with Gasteiger partial charge in [0, 0.05) is 26.7 Å². The lowest BCUT2D eigenvalue weighted by atomic mass is 10.3. The molecule has 0 aliphatic heterocycles. The van der Waals surface area contributed by atoms with Crippen LogP contribution >= 0.6 is 0 Å². The van der Waals surface area contributed by atoms with Gasteiger partial charge >= 0.3 is 14.8 Å². The van der Waals surface area contributed by atoms with Gasteiger partial charge in [0.05, 0.1) is 6.61 Å². The second-order valence-electron chi connectivity index (χ2n) is 3.50. The van der Waals surface area contributed by atoms with E-state index in [9.17, 15) is 9.59 Å². The third kappa shape index (κ3) is 6.69. The van der Waals surface area contributed by atoms with Crippen LogP contribution in [0.25, 0.3) is 0 Å². The van der Waals surface area contributed by atoms with E-state index in [1.165, 1.54) is 14.2 Å². The second-order valence-corrected chi connectivity index (χ2v) is 6.48. The minimum atomic E-state index is -2.91. The Balaban J connectivity index is 4.23. The number of esters is 1. The Bertz CT molecular complexity index is 269. The smallest absolute Gasteiger partial charge is 0.464 e. The molecule has 7 nitrogen and oxygen atoms in total. The van der Waals surface area contributed by atoms with Crippen LogP contribution in [0.15, 0.2) is 0 Å². The molecule has 0 aliphatic rings. The van der Waals surface area contributed by atoms with Crippen LogP contribution in [0.5, 0.6) is 0 Å². The van der Waals surface area contributed by atoms with Crippen LogP contribution in [0.4, 0.5) is 0 Å².